The van der Waals surface area contributed by atoms with Gasteiger partial charge in [0.15, 0.2) is 0 Å². The summed E-state index contributed by atoms with van der Waals surface area (Å²) in [4.78, 5) is 10.2. The molecule has 0 radical (unpaired) electrons. The molecular weight excluding hydrogens is 398 g/mol. The van der Waals surface area contributed by atoms with Gasteiger partial charge in [0.05, 0.1) is 36.8 Å². The Morgan fingerprint density at radius 3 is 2.31 bits per heavy atom. The smallest absolute Gasteiger partial charge is 0.148 e. The first-order valence-corrected chi connectivity index (χ1v) is 11.6. The molecule has 1 N–H and O–H groups in total. The second kappa shape index (κ2) is 10.1. The quantitative estimate of drug-likeness (QED) is 0.480. The Morgan fingerprint density at radius 2 is 1.66 bits per heavy atom. The van der Waals surface area contributed by atoms with Gasteiger partial charge in [0.25, 0.3) is 0 Å². The summed E-state index contributed by atoms with van der Waals surface area (Å²) >= 11 is 0. The van der Waals surface area contributed by atoms with Crippen LogP contribution in [0.1, 0.15) is 54.4 Å². The molecule has 0 aliphatic heterocycles. The van der Waals surface area contributed by atoms with E-state index < -0.39 is 0 Å². The van der Waals surface area contributed by atoms with Crippen LogP contribution < -0.4 is 10.1 Å². The van der Waals surface area contributed by atoms with Crippen molar-refractivity contribution >= 4 is 5.82 Å². The molecule has 4 rings (SSSR count). The van der Waals surface area contributed by atoms with Crippen molar-refractivity contribution in [2.45, 2.75) is 52.0 Å². The van der Waals surface area contributed by atoms with Crippen LogP contribution in [-0.2, 0) is 30.4 Å². The lowest BCUT2D eigenvalue weighted by Crippen LogP contribution is -2.19. The maximum Gasteiger partial charge on any atom is 0.148 e. The topological polar surface area (TPSA) is 56.3 Å². The highest BCUT2D eigenvalue weighted by Crippen LogP contribution is 2.37. The summed E-state index contributed by atoms with van der Waals surface area (Å²) in [5, 5.41) is 3.61. The van der Waals surface area contributed by atoms with Crippen molar-refractivity contribution in [2.24, 2.45) is 0 Å². The fourth-order valence-corrected chi connectivity index (χ4v) is 4.52. The number of hydrogen-bond acceptors (Lipinski definition) is 5. The van der Waals surface area contributed by atoms with E-state index in [0.717, 1.165) is 59.9 Å². The van der Waals surface area contributed by atoms with E-state index in [1.165, 1.54) is 23.1 Å². The van der Waals surface area contributed by atoms with Crippen molar-refractivity contribution in [2.75, 3.05) is 26.1 Å². The van der Waals surface area contributed by atoms with Crippen LogP contribution in [0.25, 0.3) is 11.3 Å². The third-order valence-corrected chi connectivity index (χ3v) is 6.23. The van der Waals surface area contributed by atoms with E-state index in [1.54, 1.807) is 14.2 Å². The fraction of sp³-hybridized carbons (Fsp3) is 0.407. The maximum atomic E-state index is 5.78. The van der Waals surface area contributed by atoms with Crippen molar-refractivity contribution in [1.29, 1.82) is 0 Å². The number of ether oxygens (including phenoxy) is 2. The molecular formula is C27H33N3O2. The first kappa shape index (κ1) is 22.3. The minimum absolute atomic E-state index is 0.00545. The number of aryl methyl sites for hydroxylation is 4. The van der Waals surface area contributed by atoms with E-state index >= 15 is 0 Å². The summed E-state index contributed by atoms with van der Waals surface area (Å²) < 4.78 is 11.3. The van der Waals surface area contributed by atoms with Crippen molar-refractivity contribution < 1.29 is 9.47 Å². The van der Waals surface area contributed by atoms with E-state index in [2.05, 4.69) is 43.4 Å². The molecule has 0 saturated heterocycles. The third-order valence-electron chi connectivity index (χ3n) is 6.23. The van der Waals surface area contributed by atoms with Crippen molar-refractivity contribution in [3.8, 4) is 17.0 Å². The highest BCUT2D eigenvalue weighted by atomic mass is 16.5. The summed E-state index contributed by atoms with van der Waals surface area (Å²) in [7, 11) is 3.47. The van der Waals surface area contributed by atoms with Gasteiger partial charge in [-0.1, -0.05) is 44.2 Å². The number of hydrogen-bond donors (Lipinski definition) is 1. The van der Waals surface area contributed by atoms with Gasteiger partial charge in [-0.15, -0.1) is 0 Å². The molecule has 1 aliphatic carbocycles. The minimum atomic E-state index is 0.00545. The number of rotatable bonds is 9. The number of nitrogens with one attached hydrogen (secondary N) is 1. The first-order chi connectivity index (χ1) is 15.7. The number of methoxy groups -OCH3 is 2. The van der Waals surface area contributed by atoms with Gasteiger partial charge in [0.2, 0.25) is 0 Å². The molecule has 1 atom stereocenters. The number of benzene rings is 2. The van der Waals surface area contributed by atoms with Crippen LogP contribution in [0.5, 0.6) is 5.75 Å². The number of aromatic nitrogens is 2. The predicted molar refractivity (Wildman–Crippen MR) is 129 cm³/mol. The van der Waals surface area contributed by atoms with E-state index in [4.69, 9.17) is 19.4 Å². The zero-order chi connectivity index (χ0) is 22.5. The number of nitrogens with zero attached hydrogens (tertiary/aromatic N) is 2. The molecule has 3 aromatic rings. The molecule has 1 aliphatic rings. The van der Waals surface area contributed by atoms with Gasteiger partial charge in [-0.25, -0.2) is 9.97 Å². The molecule has 2 aromatic carbocycles. The van der Waals surface area contributed by atoms with Gasteiger partial charge >= 0.3 is 0 Å². The van der Waals surface area contributed by atoms with Crippen LogP contribution in [0.3, 0.4) is 0 Å². The zero-order valence-corrected chi connectivity index (χ0v) is 19.6. The fourth-order valence-electron chi connectivity index (χ4n) is 4.52. The Labute approximate surface area is 191 Å². The molecule has 1 heterocycles. The van der Waals surface area contributed by atoms with Crippen molar-refractivity contribution in [3.05, 3.63) is 70.5 Å². The summed E-state index contributed by atoms with van der Waals surface area (Å²) in [5.74, 6) is 1.72. The Hall–Kier alpha value is -2.92. The van der Waals surface area contributed by atoms with Crippen LogP contribution in [0.2, 0.25) is 0 Å². The van der Waals surface area contributed by atoms with Gasteiger partial charge in [-0.05, 0) is 60.9 Å². The van der Waals surface area contributed by atoms with Crippen LogP contribution in [0, 0.1) is 0 Å². The summed E-state index contributed by atoms with van der Waals surface area (Å²) in [5.41, 5.74) is 7.90. The van der Waals surface area contributed by atoms with E-state index in [1.807, 2.05) is 18.2 Å². The maximum absolute atomic E-state index is 5.78. The molecule has 0 spiro atoms. The summed E-state index contributed by atoms with van der Waals surface area (Å²) in [6.45, 7) is 4.81. The zero-order valence-electron chi connectivity index (χ0n) is 19.6. The van der Waals surface area contributed by atoms with Crippen LogP contribution in [0.4, 0.5) is 5.82 Å². The average Bonchev–Trinajstić information content (AvgIpc) is 3.30. The van der Waals surface area contributed by atoms with Crippen LogP contribution in [-0.4, -0.2) is 30.8 Å². The summed E-state index contributed by atoms with van der Waals surface area (Å²) in [6, 6.07) is 14.8. The van der Waals surface area contributed by atoms with Gasteiger partial charge < -0.3 is 14.8 Å². The van der Waals surface area contributed by atoms with Crippen molar-refractivity contribution in [1.82, 2.24) is 9.97 Å². The average molecular weight is 432 g/mol. The van der Waals surface area contributed by atoms with E-state index in [9.17, 15) is 0 Å². The van der Waals surface area contributed by atoms with Gasteiger partial charge in [0, 0.05) is 12.7 Å². The lowest BCUT2D eigenvalue weighted by Gasteiger charge is -2.22. The van der Waals surface area contributed by atoms with E-state index in [0.29, 0.717) is 6.61 Å². The number of anilines is 1. The molecule has 0 bridgehead atoms. The SMILES string of the molecule is CCc1nc(-c2cc3c(cc2OC)CCC3)c(CC)nc1NC(COC)c1ccccc1. The third kappa shape index (κ3) is 4.49. The Balaban J connectivity index is 1.76. The van der Waals surface area contributed by atoms with Crippen molar-refractivity contribution in [3.63, 3.8) is 0 Å². The molecule has 168 valence electrons. The van der Waals surface area contributed by atoms with Gasteiger partial charge in [-0.3, -0.25) is 0 Å². The molecule has 5 heteroatoms. The lowest BCUT2D eigenvalue weighted by atomic mass is 10.0. The molecule has 32 heavy (non-hydrogen) atoms. The lowest BCUT2D eigenvalue weighted by molar-refractivity contribution is 0.186. The monoisotopic (exact) mass is 431 g/mol. The Bertz CT molecular complexity index is 1070. The number of fused-ring (bicyclic) bond motifs is 1. The normalized spacial score (nSPS) is 13.6. The minimum Gasteiger partial charge on any atom is -0.496 e. The van der Waals surface area contributed by atoms with Gasteiger partial charge in [0.1, 0.15) is 11.6 Å². The van der Waals surface area contributed by atoms with Crippen LogP contribution in [0.15, 0.2) is 42.5 Å². The largest absolute Gasteiger partial charge is 0.496 e. The van der Waals surface area contributed by atoms with E-state index in [-0.39, 0.29) is 6.04 Å². The summed E-state index contributed by atoms with van der Waals surface area (Å²) in [6.07, 6.45) is 5.03. The second-order valence-corrected chi connectivity index (χ2v) is 8.26. The molecule has 0 fully saturated rings. The Kier molecular flexibility index (Phi) is 7.05. The molecule has 1 unspecified atom stereocenters. The highest BCUT2D eigenvalue weighted by Gasteiger charge is 2.22. The second-order valence-electron chi connectivity index (χ2n) is 8.26. The first-order valence-electron chi connectivity index (χ1n) is 11.6. The predicted octanol–water partition coefficient (Wildman–Crippen LogP) is 5.57. The molecule has 5 nitrogen and oxygen atoms in total. The molecule has 0 amide bonds. The molecule has 1 aromatic heterocycles. The highest BCUT2D eigenvalue weighted by molar-refractivity contribution is 5.72. The van der Waals surface area contributed by atoms with Crippen LogP contribution >= 0.6 is 0 Å². The standard InChI is InChI=1S/C27H33N3O2/c1-5-22-26(21-15-19-13-10-14-20(19)16-25(21)32-4)28-23(6-2)27(29-22)30-24(17-31-3)18-11-8-7-9-12-18/h7-9,11-12,15-16,24H,5-6,10,13-14,17H2,1-4H3,(H,29,30). The van der Waals surface area contributed by atoms with Gasteiger partial charge in [-0.2, -0.15) is 0 Å². The molecule has 0 saturated carbocycles. The Morgan fingerprint density at radius 1 is 0.938 bits per heavy atom.